The van der Waals surface area contributed by atoms with Crippen molar-refractivity contribution in [3.63, 3.8) is 0 Å². The molecule has 1 aliphatic carbocycles. The molecule has 1 aromatic rings. The van der Waals surface area contributed by atoms with Crippen LogP contribution in [0.1, 0.15) is 47.4 Å². The van der Waals surface area contributed by atoms with Crippen molar-refractivity contribution in [3.8, 4) is 0 Å². The fraction of sp³-hybridized carbons (Fsp3) is 0.800. The molecule has 2 atom stereocenters. The molecule has 5 rings (SSSR count). The molecular formula is C15H24N4S. The van der Waals surface area contributed by atoms with E-state index in [0.29, 0.717) is 12.1 Å². The topological polar surface area (TPSA) is 31.4 Å². The number of hydrogen-bond donors (Lipinski definition) is 1. The van der Waals surface area contributed by atoms with E-state index in [1.54, 1.807) is 4.88 Å². The molecule has 4 aliphatic rings. The quantitative estimate of drug-likeness (QED) is 0.920. The Morgan fingerprint density at radius 1 is 1.30 bits per heavy atom. The molecule has 2 bridgehead atoms. The van der Waals surface area contributed by atoms with E-state index in [2.05, 4.69) is 22.0 Å². The van der Waals surface area contributed by atoms with Crippen LogP contribution in [0.2, 0.25) is 0 Å². The van der Waals surface area contributed by atoms with Crippen LogP contribution in [0.25, 0.3) is 0 Å². The van der Waals surface area contributed by atoms with Crippen molar-refractivity contribution in [2.24, 2.45) is 0 Å². The second-order valence-corrected chi connectivity index (χ2v) is 7.33. The van der Waals surface area contributed by atoms with E-state index in [4.69, 9.17) is 4.98 Å². The van der Waals surface area contributed by atoms with E-state index >= 15 is 0 Å². The zero-order valence-electron chi connectivity index (χ0n) is 12.3. The lowest BCUT2D eigenvalue weighted by molar-refractivity contribution is 0.0122. The Balaban J connectivity index is 1.60. The summed E-state index contributed by atoms with van der Waals surface area (Å²) >= 11 is 1.99. The molecule has 3 saturated heterocycles. The molecule has 1 aromatic heterocycles. The van der Waals surface area contributed by atoms with E-state index in [9.17, 15) is 0 Å². The second kappa shape index (κ2) is 5.37. The van der Waals surface area contributed by atoms with Gasteiger partial charge in [0.2, 0.25) is 0 Å². The zero-order valence-corrected chi connectivity index (χ0v) is 13.1. The smallest absolute Gasteiger partial charge is 0.112 e. The summed E-state index contributed by atoms with van der Waals surface area (Å²) < 4.78 is 0. The van der Waals surface area contributed by atoms with Crippen LogP contribution < -0.4 is 5.32 Å². The first-order valence-corrected chi connectivity index (χ1v) is 8.86. The number of nitrogens with zero attached hydrogens (tertiary/aromatic N) is 3. The Bertz CT molecular complexity index is 478. The monoisotopic (exact) mass is 292 g/mol. The summed E-state index contributed by atoms with van der Waals surface area (Å²) in [5.74, 6) is 0. The molecule has 4 heterocycles. The van der Waals surface area contributed by atoms with E-state index in [1.165, 1.54) is 62.7 Å². The first kappa shape index (κ1) is 13.2. The van der Waals surface area contributed by atoms with Crippen LogP contribution in [0.3, 0.4) is 0 Å². The van der Waals surface area contributed by atoms with E-state index in [0.717, 1.165) is 6.54 Å². The highest BCUT2D eigenvalue weighted by Gasteiger charge is 2.36. The summed E-state index contributed by atoms with van der Waals surface area (Å²) in [7, 11) is 0. The number of hydrogen-bond acceptors (Lipinski definition) is 5. The van der Waals surface area contributed by atoms with Gasteiger partial charge >= 0.3 is 0 Å². The van der Waals surface area contributed by atoms with Crippen molar-refractivity contribution >= 4 is 11.3 Å². The molecule has 0 amide bonds. The number of fused-ring (bicyclic) bond motifs is 4. The highest BCUT2D eigenvalue weighted by molar-refractivity contribution is 7.11. The van der Waals surface area contributed by atoms with Crippen molar-refractivity contribution in [2.75, 3.05) is 39.3 Å². The van der Waals surface area contributed by atoms with Crippen LogP contribution in [-0.4, -0.2) is 54.1 Å². The third-order valence-corrected chi connectivity index (χ3v) is 6.22. The van der Waals surface area contributed by atoms with Gasteiger partial charge in [-0.05, 0) is 25.8 Å². The molecule has 0 radical (unpaired) electrons. The zero-order chi connectivity index (χ0) is 13.5. The number of aromatic nitrogens is 1. The molecule has 0 aromatic carbocycles. The maximum atomic E-state index is 5.08. The van der Waals surface area contributed by atoms with Crippen molar-refractivity contribution in [2.45, 2.75) is 38.3 Å². The van der Waals surface area contributed by atoms with Gasteiger partial charge in [0, 0.05) is 37.6 Å². The molecule has 3 aliphatic heterocycles. The Labute approximate surface area is 125 Å². The maximum absolute atomic E-state index is 5.08. The van der Waals surface area contributed by atoms with Crippen LogP contribution in [0.15, 0.2) is 0 Å². The van der Waals surface area contributed by atoms with Crippen LogP contribution in [-0.2, 0) is 6.42 Å². The number of piperazine rings is 3. The van der Waals surface area contributed by atoms with Crippen LogP contribution in [0.5, 0.6) is 0 Å². The Kier molecular flexibility index (Phi) is 3.54. The van der Waals surface area contributed by atoms with Gasteiger partial charge in [-0.1, -0.05) is 6.92 Å². The maximum Gasteiger partial charge on any atom is 0.112 e. The Morgan fingerprint density at radius 2 is 2.15 bits per heavy atom. The molecule has 20 heavy (non-hydrogen) atoms. The molecular weight excluding hydrogens is 268 g/mol. The first-order valence-electron chi connectivity index (χ1n) is 8.04. The summed E-state index contributed by atoms with van der Waals surface area (Å²) in [6.07, 6.45) is 3.81. The normalized spacial score (nSPS) is 36.0. The average molecular weight is 292 g/mol. The lowest BCUT2D eigenvalue weighted by Crippen LogP contribution is -2.56. The number of nitrogens with one attached hydrogen (secondary N) is 1. The third kappa shape index (κ3) is 2.21. The third-order valence-electron chi connectivity index (χ3n) is 4.99. The highest BCUT2D eigenvalue weighted by Crippen LogP contribution is 2.38. The lowest BCUT2D eigenvalue weighted by atomic mass is 9.97. The van der Waals surface area contributed by atoms with Gasteiger partial charge in [0.1, 0.15) is 5.01 Å². The lowest BCUT2D eigenvalue weighted by Gasteiger charge is -2.46. The highest BCUT2D eigenvalue weighted by atomic mass is 32.1. The van der Waals surface area contributed by atoms with Crippen molar-refractivity contribution in [1.29, 1.82) is 0 Å². The van der Waals surface area contributed by atoms with Gasteiger partial charge in [-0.2, -0.15) is 0 Å². The Morgan fingerprint density at radius 3 is 2.85 bits per heavy atom. The van der Waals surface area contributed by atoms with Gasteiger partial charge in [0.15, 0.2) is 0 Å². The number of thiazole rings is 1. The van der Waals surface area contributed by atoms with E-state index < -0.39 is 0 Å². The predicted octanol–water partition coefficient (Wildman–Crippen LogP) is 1.80. The molecule has 3 fully saturated rings. The SMILES string of the molecule is CCNC1CCCc2sc(C3CN4CCN3CC4)nc21. The average Bonchev–Trinajstić information content (AvgIpc) is 2.94. The Hall–Kier alpha value is -0.490. The molecule has 4 nitrogen and oxygen atoms in total. The standard InChI is InChI=1S/C15H24N4S/c1-2-16-11-4-3-5-13-14(11)17-15(20-13)12-10-18-6-8-19(12)9-7-18/h11-12,16H,2-10H2,1H3. The van der Waals surface area contributed by atoms with Crippen LogP contribution >= 0.6 is 11.3 Å². The predicted molar refractivity (Wildman–Crippen MR) is 82.2 cm³/mol. The minimum absolute atomic E-state index is 0.504. The van der Waals surface area contributed by atoms with E-state index in [1.807, 2.05) is 11.3 Å². The van der Waals surface area contributed by atoms with Gasteiger partial charge in [-0.15, -0.1) is 11.3 Å². The molecule has 0 spiro atoms. The first-order chi connectivity index (χ1) is 9.85. The number of rotatable bonds is 3. The molecule has 1 N–H and O–H groups in total. The summed E-state index contributed by atoms with van der Waals surface area (Å²) in [5, 5.41) is 4.99. The van der Waals surface area contributed by atoms with Gasteiger partial charge in [0.25, 0.3) is 0 Å². The van der Waals surface area contributed by atoms with Gasteiger partial charge < -0.3 is 5.32 Å². The van der Waals surface area contributed by atoms with Crippen molar-refractivity contribution in [1.82, 2.24) is 20.1 Å². The molecule has 0 saturated carbocycles. The second-order valence-electron chi connectivity index (χ2n) is 6.22. The summed E-state index contributed by atoms with van der Waals surface area (Å²) in [5.41, 5.74) is 1.37. The molecule has 2 unspecified atom stereocenters. The minimum atomic E-state index is 0.504. The summed E-state index contributed by atoms with van der Waals surface area (Å²) in [6, 6.07) is 1.07. The van der Waals surface area contributed by atoms with Gasteiger partial charge in [0.05, 0.1) is 17.8 Å². The van der Waals surface area contributed by atoms with Crippen molar-refractivity contribution in [3.05, 3.63) is 15.6 Å². The van der Waals surface area contributed by atoms with Gasteiger partial charge in [-0.25, -0.2) is 4.98 Å². The fourth-order valence-electron chi connectivity index (χ4n) is 3.88. The minimum Gasteiger partial charge on any atom is -0.309 e. The van der Waals surface area contributed by atoms with Crippen LogP contribution in [0, 0.1) is 0 Å². The summed E-state index contributed by atoms with van der Waals surface area (Å²) in [4.78, 5) is 11.9. The van der Waals surface area contributed by atoms with Crippen molar-refractivity contribution < 1.29 is 0 Å². The molecule has 110 valence electrons. The van der Waals surface area contributed by atoms with Gasteiger partial charge in [-0.3, -0.25) is 9.80 Å². The van der Waals surface area contributed by atoms with E-state index in [-0.39, 0.29) is 0 Å². The van der Waals surface area contributed by atoms with Crippen LogP contribution in [0.4, 0.5) is 0 Å². The summed E-state index contributed by atoms with van der Waals surface area (Å²) in [6.45, 7) is 9.39. The largest absolute Gasteiger partial charge is 0.309 e. The fourth-order valence-corrected chi connectivity index (χ4v) is 5.17. The molecule has 5 heteroatoms. The number of aryl methyl sites for hydroxylation is 1.